The van der Waals surface area contributed by atoms with Crippen molar-refractivity contribution in [2.75, 3.05) is 27.4 Å². The highest BCUT2D eigenvalue weighted by Crippen LogP contribution is 2.50. The molecule has 0 spiro atoms. The summed E-state index contributed by atoms with van der Waals surface area (Å²) in [6.45, 7) is 0.802. The molecule has 4 heteroatoms. The lowest BCUT2D eigenvalue weighted by Gasteiger charge is -2.40. The van der Waals surface area contributed by atoms with Crippen LogP contribution in [0.5, 0.6) is 11.5 Å². The maximum Gasteiger partial charge on any atom is 0.164 e. The average molecular weight is 355 g/mol. The third-order valence-corrected chi connectivity index (χ3v) is 5.72. The Labute approximate surface area is 155 Å². The third kappa shape index (κ3) is 3.44. The molecule has 3 rings (SSSR count). The van der Waals surface area contributed by atoms with E-state index in [2.05, 4.69) is 30.3 Å². The molecule has 0 aromatic heterocycles. The van der Waals surface area contributed by atoms with Gasteiger partial charge in [-0.1, -0.05) is 36.4 Å². The van der Waals surface area contributed by atoms with Crippen LogP contribution in [-0.4, -0.2) is 32.5 Å². The number of rotatable bonds is 7. The number of nitrogens with two attached hydrogens (primary N) is 1. The third-order valence-electron chi connectivity index (χ3n) is 5.72. The van der Waals surface area contributed by atoms with Crippen molar-refractivity contribution in [1.29, 1.82) is 0 Å². The minimum Gasteiger partial charge on any atom is -0.493 e. The molecule has 3 atom stereocenters. The van der Waals surface area contributed by atoms with E-state index in [0.29, 0.717) is 18.4 Å². The fourth-order valence-electron chi connectivity index (χ4n) is 4.54. The Balaban J connectivity index is 2.11. The van der Waals surface area contributed by atoms with E-state index in [0.717, 1.165) is 30.8 Å². The van der Waals surface area contributed by atoms with Gasteiger partial charge in [0.05, 0.1) is 14.2 Å². The smallest absolute Gasteiger partial charge is 0.164 e. The van der Waals surface area contributed by atoms with Gasteiger partial charge in [0.15, 0.2) is 11.5 Å². The number of aliphatic hydroxyl groups excluding tert-OH is 1. The van der Waals surface area contributed by atoms with E-state index in [1.54, 1.807) is 14.2 Å². The van der Waals surface area contributed by atoms with Gasteiger partial charge in [-0.3, -0.25) is 0 Å². The summed E-state index contributed by atoms with van der Waals surface area (Å²) in [5.74, 6) is 2.59. The standard InChI is InChI=1S/C22H29NO3/c1-25-21-11-10-17-19(22(21)26-2)13-18(15-7-4-3-5-8-15)16(9-6-12-24)20(17)14-23/h3-5,7-8,10-11,16,18,20,24H,6,9,12-14,23H2,1-2H3. The highest BCUT2D eigenvalue weighted by Gasteiger charge is 2.38. The largest absolute Gasteiger partial charge is 0.493 e. The van der Waals surface area contributed by atoms with Gasteiger partial charge < -0.3 is 20.3 Å². The topological polar surface area (TPSA) is 64.7 Å². The summed E-state index contributed by atoms with van der Waals surface area (Å²) in [7, 11) is 3.37. The van der Waals surface area contributed by atoms with Gasteiger partial charge >= 0.3 is 0 Å². The molecule has 0 saturated carbocycles. The maximum atomic E-state index is 9.39. The molecule has 0 heterocycles. The van der Waals surface area contributed by atoms with Gasteiger partial charge in [-0.15, -0.1) is 0 Å². The molecular weight excluding hydrogens is 326 g/mol. The number of fused-ring (bicyclic) bond motifs is 1. The summed E-state index contributed by atoms with van der Waals surface area (Å²) in [6.07, 6.45) is 2.66. The van der Waals surface area contributed by atoms with E-state index in [1.165, 1.54) is 16.7 Å². The number of aliphatic hydroxyl groups is 1. The molecule has 0 saturated heterocycles. The summed E-state index contributed by atoms with van der Waals surface area (Å²) >= 11 is 0. The molecule has 0 radical (unpaired) electrons. The maximum absolute atomic E-state index is 9.39. The number of ether oxygens (including phenoxy) is 2. The lowest BCUT2D eigenvalue weighted by atomic mass is 9.65. The van der Waals surface area contributed by atoms with Gasteiger partial charge in [-0.25, -0.2) is 0 Å². The van der Waals surface area contributed by atoms with Crippen molar-refractivity contribution in [2.45, 2.75) is 31.1 Å². The Bertz CT molecular complexity index is 717. The lowest BCUT2D eigenvalue weighted by molar-refractivity contribution is 0.239. The van der Waals surface area contributed by atoms with Gasteiger partial charge in [0.2, 0.25) is 0 Å². The van der Waals surface area contributed by atoms with Crippen molar-refractivity contribution in [3.05, 3.63) is 59.2 Å². The Hall–Kier alpha value is -2.04. The van der Waals surface area contributed by atoms with Crippen LogP contribution in [0.15, 0.2) is 42.5 Å². The zero-order chi connectivity index (χ0) is 18.5. The van der Waals surface area contributed by atoms with Crippen LogP contribution in [-0.2, 0) is 6.42 Å². The summed E-state index contributed by atoms with van der Waals surface area (Å²) in [6, 6.07) is 14.7. The summed E-state index contributed by atoms with van der Waals surface area (Å²) in [4.78, 5) is 0. The van der Waals surface area contributed by atoms with Crippen molar-refractivity contribution in [3.8, 4) is 11.5 Å². The molecule has 0 bridgehead atoms. The number of hydrogen-bond donors (Lipinski definition) is 2. The number of methoxy groups -OCH3 is 2. The molecule has 1 aliphatic carbocycles. The highest BCUT2D eigenvalue weighted by atomic mass is 16.5. The molecule has 140 valence electrons. The quantitative estimate of drug-likeness (QED) is 0.798. The van der Waals surface area contributed by atoms with E-state index in [-0.39, 0.29) is 12.5 Å². The minimum absolute atomic E-state index is 0.216. The molecule has 26 heavy (non-hydrogen) atoms. The van der Waals surface area contributed by atoms with E-state index in [1.807, 2.05) is 12.1 Å². The van der Waals surface area contributed by atoms with Crippen molar-refractivity contribution >= 4 is 0 Å². The molecule has 2 aromatic rings. The predicted octanol–water partition coefficient (Wildman–Crippen LogP) is 3.47. The first-order valence-corrected chi connectivity index (χ1v) is 9.34. The van der Waals surface area contributed by atoms with Crippen LogP contribution in [0.3, 0.4) is 0 Å². The molecule has 1 aliphatic rings. The van der Waals surface area contributed by atoms with Crippen molar-refractivity contribution in [1.82, 2.24) is 0 Å². The second-order valence-corrected chi connectivity index (χ2v) is 6.96. The van der Waals surface area contributed by atoms with Crippen LogP contribution in [0, 0.1) is 5.92 Å². The monoisotopic (exact) mass is 355 g/mol. The van der Waals surface area contributed by atoms with Crippen LogP contribution in [0.4, 0.5) is 0 Å². The molecule has 0 fully saturated rings. The fraction of sp³-hybridized carbons (Fsp3) is 0.455. The van der Waals surface area contributed by atoms with Gasteiger partial charge in [0.1, 0.15) is 0 Å². The normalized spacial score (nSPS) is 21.9. The Kier molecular flexibility index (Phi) is 6.17. The van der Waals surface area contributed by atoms with Crippen molar-refractivity contribution < 1.29 is 14.6 Å². The zero-order valence-corrected chi connectivity index (χ0v) is 15.7. The van der Waals surface area contributed by atoms with Crippen molar-refractivity contribution in [2.24, 2.45) is 11.7 Å². The highest BCUT2D eigenvalue weighted by molar-refractivity contribution is 5.54. The van der Waals surface area contributed by atoms with Gasteiger partial charge in [0, 0.05) is 12.2 Å². The molecular formula is C22H29NO3. The van der Waals surface area contributed by atoms with Crippen LogP contribution < -0.4 is 15.2 Å². The Morgan fingerprint density at radius 1 is 1.08 bits per heavy atom. The van der Waals surface area contributed by atoms with Gasteiger partial charge in [-0.05, 0) is 60.8 Å². The van der Waals surface area contributed by atoms with Crippen LogP contribution >= 0.6 is 0 Å². The first-order valence-electron chi connectivity index (χ1n) is 9.34. The number of benzene rings is 2. The van der Waals surface area contributed by atoms with Gasteiger partial charge in [0.25, 0.3) is 0 Å². The molecule has 0 aliphatic heterocycles. The molecule has 0 amide bonds. The molecule has 3 unspecified atom stereocenters. The van der Waals surface area contributed by atoms with E-state index < -0.39 is 0 Å². The Morgan fingerprint density at radius 2 is 1.85 bits per heavy atom. The van der Waals surface area contributed by atoms with Crippen LogP contribution in [0.1, 0.15) is 41.4 Å². The van der Waals surface area contributed by atoms with Crippen LogP contribution in [0.25, 0.3) is 0 Å². The van der Waals surface area contributed by atoms with Gasteiger partial charge in [-0.2, -0.15) is 0 Å². The summed E-state index contributed by atoms with van der Waals surface area (Å²) < 4.78 is 11.2. The summed E-state index contributed by atoms with van der Waals surface area (Å²) in [5.41, 5.74) is 10.0. The van der Waals surface area contributed by atoms with Crippen LogP contribution in [0.2, 0.25) is 0 Å². The molecule has 2 aromatic carbocycles. The predicted molar refractivity (Wildman–Crippen MR) is 104 cm³/mol. The summed E-state index contributed by atoms with van der Waals surface area (Å²) in [5, 5.41) is 9.39. The van der Waals surface area contributed by atoms with E-state index >= 15 is 0 Å². The first-order chi connectivity index (χ1) is 12.7. The molecule has 3 N–H and O–H groups in total. The fourth-order valence-corrected chi connectivity index (χ4v) is 4.54. The van der Waals surface area contributed by atoms with Crippen molar-refractivity contribution in [3.63, 3.8) is 0 Å². The Morgan fingerprint density at radius 3 is 2.46 bits per heavy atom. The zero-order valence-electron chi connectivity index (χ0n) is 15.7. The average Bonchev–Trinajstić information content (AvgIpc) is 2.70. The first kappa shape index (κ1) is 18.7. The van der Waals surface area contributed by atoms with E-state index in [9.17, 15) is 5.11 Å². The second kappa shape index (κ2) is 8.56. The number of hydrogen-bond acceptors (Lipinski definition) is 4. The van der Waals surface area contributed by atoms with E-state index in [4.69, 9.17) is 15.2 Å². The minimum atomic E-state index is 0.216. The SMILES string of the molecule is COc1ccc2c(c1OC)CC(c1ccccc1)C(CCCO)C2CN. The second-order valence-electron chi connectivity index (χ2n) is 6.96. The lowest BCUT2D eigenvalue weighted by Crippen LogP contribution is -2.33. The molecule has 4 nitrogen and oxygen atoms in total.